The van der Waals surface area contributed by atoms with E-state index in [0.29, 0.717) is 26.6 Å². The molecule has 1 unspecified atom stereocenters. The standard InChI is InChI=1S/C19H15Cl2F3N2O2/c1-10(18(27)28)7-15-17-12(8-11-5-6-13(20)9-14(11)21)3-2-4-16(17)26(25-15)19(22,23)24/h2-6,9-10H,7-8H2,1H3,(H,27,28). The Bertz CT molecular complexity index is 1050. The molecule has 1 atom stereocenters. The Hall–Kier alpha value is -2.25. The minimum atomic E-state index is -4.72. The molecule has 1 heterocycles. The van der Waals surface area contributed by atoms with Crippen LogP contribution in [0.5, 0.6) is 0 Å². The third-order valence-electron chi connectivity index (χ3n) is 4.42. The van der Waals surface area contributed by atoms with Crippen LogP contribution in [0.15, 0.2) is 36.4 Å². The van der Waals surface area contributed by atoms with Gasteiger partial charge in [-0.2, -0.15) is 9.78 Å². The van der Waals surface area contributed by atoms with Crippen molar-refractivity contribution in [1.82, 2.24) is 9.78 Å². The minimum Gasteiger partial charge on any atom is -0.481 e. The van der Waals surface area contributed by atoms with Crippen molar-refractivity contribution in [2.24, 2.45) is 5.92 Å². The van der Waals surface area contributed by atoms with Crippen LogP contribution in [0.2, 0.25) is 10.0 Å². The average molecular weight is 431 g/mol. The molecule has 3 rings (SSSR count). The largest absolute Gasteiger partial charge is 0.505 e. The number of nitrogens with zero attached hydrogens (tertiary/aromatic N) is 2. The summed E-state index contributed by atoms with van der Waals surface area (Å²) in [5.41, 5.74) is 1.23. The zero-order valence-corrected chi connectivity index (χ0v) is 16.1. The molecule has 0 aliphatic heterocycles. The summed E-state index contributed by atoms with van der Waals surface area (Å²) >= 11 is 12.1. The number of fused-ring (bicyclic) bond motifs is 1. The maximum Gasteiger partial charge on any atom is 0.505 e. The van der Waals surface area contributed by atoms with Crippen LogP contribution in [-0.4, -0.2) is 20.9 Å². The predicted molar refractivity (Wildman–Crippen MR) is 101 cm³/mol. The van der Waals surface area contributed by atoms with Crippen molar-refractivity contribution in [1.29, 1.82) is 0 Å². The van der Waals surface area contributed by atoms with Gasteiger partial charge in [0.15, 0.2) is 0 Å². The van der Waals surface area contributed by atoms with Gasteiger partial charge in [0.25, 0.3) is 0 Å². The Kier molecular flexibility index (Phi) is 5.59. The van der Waals surface area contributed by atoms with Crippen molar-refractivity contribution in [3.05, 3.63) is 63.3 Å². The molecule has 0 saturated carbocycles. The molecule has 0 bridgehead atoms. The number of aromatic nitrogens is 2. The van der Waals surface area contributed by atoms with Crippen molar-refractivity contribution < 1.29 is 23.1 Å². The molecule has 0 amide bonds. The maximum absolute atomic E-state index is 13.4. The molecule has 28 heavy (non-hydrogen) atoms. The number of hydrogen-bond donors (Lipinski definition) is 1. The van der Waals surface area contributed by atoms with Gasteiger partial charge in [-0.25, -0.2) is 0 Å². The van der Waals surface area contributed by atoms with Crippen molar-refractivity contribution >= 4 is 40.1 Å². The summed E-state index contributed by atoms with van der Waals surface area (Å²) in [6.07, 6.45) is -4.59. The third-order valence-corrected chi connectivity index (χ3v) is 5.01. The number of hydrogen-bond acceptors (Lipinski definition) is 2. The molecule has 3 aromatic rings. The van der Waals surface area contributed by atoms with Crippen LogP contribution in [0.3, 0.4) is 0 Å². The van der Waals surface area contributed by atoms with Gasteiger partial charge in [-0.15, -0.1) is 13.2 Å². The van der Waals surface area contributed by atoms with E-state index in [9.17, 15) is 18.0 Å². The average Bonchev–Trinajstić information content (AvgIpc) is 2.97. The van der Waals surface area contributed by atoms with Gasteiger partial charge >= 0.3 is 12.3 Å². The number of carboxylic acids is 1. The van der Waals surface area contributed by atoms with Gasteiger partial charge in [-0.3, -0.25) is 4.79 Å². The molecule has 0 radical (unpaired) electrons. The van der Waals surface area contributed by atoms with E-state index < -0.39 is 18.2 Å². The van der Waals surface area contributed by atoms with Gasteiger partial charge in [0.1, 0.15) is 0 Å². The van der Waals surface area contributed by atoms with E-state index in [2.05, 4.69) is 5.10 Å². The van der Waals surface area contributed by atoms with E-state index in [0.717, 1.165) is 0 Å². The minimum absolute atomic E-state index is 0.0147. The van der Waals surface area contributed by atoms with Crippen molar-refractivity contribution in [2.45, 2.75) is 26.1 Å². The van der Waals surface area contributed by atoms with Crippen LogP contribution in [0.1, 0.15) is 23.7 Å². The molecule has 0 aliphatic carbocycles. The van der Waals surface area contributed by atoms with Crippen molar-refractivity contribution in [3.63, 3.8) is 0 Å². The summed E-state index contributed by atoms with van der Waals surface area (Å²) in [4.78, 5) is 11.2. The molecule has 1 aromatic heterocycles. The molecule has 0 aliphatic rings. The van der Waals surface area contributed by atoms with Gasteiger partial charge in [0.2, 0.25) is 0 Å². The lowest BCUT2D eigenvalue weighted by atomic mass is 9.96. The first-order valence-electron chi connectivity index (χ1n) is 8.31. The topological polar surface area (TPSA) is 55.1 Å². The van der Waals surface area contributed by atoms with Crippen LogP contribution in [0.25, 0.3) is 10.9 Å². The number of rotatable bonds is 5. The third kappa shape index (κ3) is 4.10. The summed E-state index contributed by atoms with van der Waals surface area (Å²) in [5, 5.41) is 14.0. The Labute approximate surface area is 168 Å². The summed E-state index contributed by atoms with van der Waals surface area (Å²) in [5.74, 6) is -1.99. The molecule has 0 saturated heterocycles. The van der Waals surface area contributed by atoms with Crippen LogP contribution in [0.4, 0.5) is 13.2 Å². The molecule has 0 fully saturated rings. The lowest BCUT2D eigenvalue weighted by molar-refractivity contribution is -0.209. The van der Waals surface area contributed by atoms with E-state index in [1.807, 2.05) is 0 Å². The fourth-order valence-electron chi connectivity index (χ4n) is 3.05. The van der Waals surface area contributed by atoms with Crippen LogP contribution >= 0.6 is 23.2 Å². The van der Waals surface area contributed by atoms with Crippen LogP contribution in [0, 0.1) is 5.92 Å². The first-order chi connectivity index (χ1) is 13.1. The van der Waals surface area contributed by atoms with Crippen LogP contribution < -0.4 is 0 Å². The molecule has 9 heteroatoms. The quantitative estimate of drug-likeness (QED) is 0.566. The highest BCUT2D eigenvalue weighted by molar-refractivity contribution is 6.35. The van der Waals surface area contributed by atoms with Crippen molar-refractivity contribution in [3.8, 4) is 0 Å². The Morgan fingerprint density at radius 3 is 2.54 bits per heavy atom. The number of halogens is 5. The van der Waals surface area contributed by atoms with Gasteiger partial charge in [-0.05, 0) is 35.7 Å². The zero-order valence-electron chi connectivity index (χ0n) is 14.6. The molecular weight excluding hydrogens is 416 g/mol. The molecule has 148 valence electrons. The van der Waals surface area contributed by atoms with Gasteiger partial charge in [0, 0.05) is 21.9 Å². The van der Waals surface area contributed by atoms with E-state index in [1.54, 1.807) is 24.3 Å². The molecule has 1 N–H and O–H groups in total. The zero-order chi connectivity index (χ0) is 20.6. The summed E-state index contributed by atoms with van der Waals surface area (Å²) in [6.45, 7) is 1.43. The second-order valence-electron chi connectivity index (χ2n) is 6.49. The Morgan fingerprint density at radius 2 is 1.93 bits per heavy atom. The summed E-state index contributed by atoms with van der Waals surface area (Å²) in [6, 6.07) is 9.43. The van der Waals surface area contributed by atoms with E-state index in [4.69, 9.17) is 28.3 Å². The highest BCUT2D eigenvalue weighted by Gasteiger charge is 2.35. The monoisotopic (exact) mass is 430 g/mol. The van der Waals surface area contributed by atoms with E-state index >= 15 is 0 Å². The second-order valence-corrected chi connectivity index (χ2v) is 7.34. The number of alkyl halides is 3. The first-order valence-corrected chi connectivity index (χ1v) is 9.07. The summed E-state index contributed by atoms with van der Waals surface area (Å²) in [7, 11) is 0. The van der Waals surface area contributed by atoms with Gasteiger partial charge in [-0.1, -0.05) is 48.3 Å². The van der Waals surface area contributed by atoms with Crippen LogP contribution in [-0.2, 0) is 23.9 Å². The Morgan fingerprint density at radius 1 is 1.21 bits per heavy atom. The number of carboxylic acid groups (broad SMARTS) is 1. The fraction of sp³-hybridized carbons (Fsp3) is 0.263. The lowest BCUT2D eigenvalue weighted by Gasteiger charge is -2.10. The number of carbonyl (C=O) groups is 1. The smallest absolute Gasteiger partial charge is 0.481 e. The molecular formula is C19H15Cl2F3N2O2. The molecule has 0 spiro atoms. The summed E-state index contributed by atoms with van der Waals surface area (Å²) < 4.78 is 40.3. The first kappa shape index (κ1) is 20.5. The highest BCUT2D eigenvalue weighted by atomic mass is 35.5. The number of benzene rings is 2. The lowest BCUT2D eigenvalue weighted by Crippen LogP contribution is -2.19. The molecule has 2 aromatic carbocycles. The SMILES string of the molecule is CC(Cc1nn(C(F)(F)F)c2cccc(Cc3ccc(Cl)cc3Cl)c12)C(=O)O. The second kappa shape index (κ2) is 7.64. The van der Waals surface area contributed by atoms with E-state index in [1.165, 1.54) is 19.1 Å². The normalized spacial score (nSPS) is 13.1. The molecule has 4 nitrogen and oxygen atoms in total. The van der Waals surface area contributed by atoms with E-state index in [-0.39, 0.29) is 28.7 Å². The van der Waals surface area contributed by atoms with Crippen molar-refractivity contribution in [2.75, 3.05) is 0 Å². The van der Waals surface area contributed by atoms with Gasteiger partial charge in [0.05, 0.1) is 17.1 Å². The van der Waals surface area contributed by atoms with Gasteiger partial charge < -0.3 is 5.11 Å². The number of aliphatic carboxylic acids is 1. The maximum atomic E-state index is 13.4. The highest BCUT2D eigenvalue weighted by Crippen LogP contribution is 2.34. The predicted octanol–water partition coefficient (Wildman–Crippen LogP) is 5.67. The Balaban J connectivity index is 2.17. The fourth-order valence-corrected chi connectivity index (χ4v) is 3.53.